The molecule has 0 aliphatic carbocycles. The van der Waals surface area contributed by atoms with Crippen LogP contribution in [-0.2, 0) is 6.54 Å². The van der Waals surface area contributed by atoms with Crippen LogP contribution in [0, 0.1) is 0 Å². The summed E-state index contributed by atoms with van der Waals surface area (Å²) in [5.41, 5.74) is 4.88. The van der Waals surface area contributed by atoms with Crippen molar-refractivity contribution in [3.8, 4) is 22.8 Å². The normalized spacial score (nSPS) is 14.7. The van der Waals surface area contributed by atoms with Crippen LogP contribution in [0.5, 0.6) is 11.5 Å². The summed E-state index contributed by atoms with van der Waals surface area (Å²) in [6.07, 6.45) is 2.09. The second kappa shape index (κ2) is 10.5. The monoisotopic (exact) mass is 501 g/mol. The lowest BCUT2D eigenvalue weighted by Crippen LogP contribution is -2.29. The van der Waals surface area contributed by atoms with Gasteiger partial charge in [0, 0.05) is 22.7 Å². The molecule has 0 saturated heterocycles. The number of methoxy groups -OCH3 is 1. The van der Waals surface area contributed by atoms with E-state index in [1.54, 1.807) is 7.11 Å². The molecule has 3 aromatic carbocycles. The van der Waals surface area contributed by atoms with E-state index in [0.29, 0.717) is 23.9 Å². The summed E-state index contributed by atoms with van der Waals surface area (Å²) in [7, 11) is 1.64. The van der Waals surface area contributed by atoms with Gasteiger partial charge >= 0.3 is 0 Å². The number of nitrogens with zero attached hydrogens (tertiary/aromatic N) is 2. The number of hydrogen-bond donors (Lipinski definition) is 1. The number of ether oxygens (including phenoxy) is 2. The Balaban J connectivity index is 1.56. The lowest BCUT2D eigenvalue weighted by atomic mass is 9.95. The number of carbonyl (C=O) groups is 1. The third kappa shape index (κ3) is 4.56. The smallest absolute Gasteiger partial charge is 0.273 e. The predicted octanol–water partition coefficient (Wildman–Crippen LogP) is 6.66. The molecule has 1 atom stereocenters. The Labute approximate surface area is 215 Å². The molecule has 1 aliphatic heterocycles. The molecule has 4 aromatic rings. The SMILES string of the molecule is CCCCOc1ccc(C2c3c(-c4ccc(OC)cc4)n[nH]c3C(=O)N2Cc2ccccc2Cl)cc1. The second-order valence-corrected chi connectivity index (χ2v) is 9.19. The second-order valence-electron chi connectivity index (χ2n) is 8.79. The Bertz CT molecular complexity index is 1350. The summed E-state index contributed by atoms with van der Waals surface area (Å²) in [5.74, 6) is 1.47. The summed E-state index contributed by atoms with van der Waals surface area (Å²) < 4.78 is 11.2. The van der Waals surface area contributed by atoms with E-state index in [2.05, 4.69) is 17.1 Å². The average Bonchev–Trinajstić information content (AvgIpc) is 3.45. The number of halogens is 1. The zero-order valence-corrected chi connectivity index (χ0v) is 21.1. The number of fused-ring (bicyclic) bond motifs is 1. The maximum Gasteiger partial charge on any atom is 0.273 e. The molecular formula is C29H28ClN3O3. The first-order chi connectivity index (χ1) is 17.6. The molecule has 6 nitrogen and oxygen atoms in total. The van der Waals surface area contributed by atoms with Crippen molar-refractivity contribution in [1.29, 1.82) is 0 Å². The quantitative estimate of drug-likeness (QED) is 0.260. The fraction of sp³-hybridized carbons (Fsp3) is 0.241. The predicted molar refractivity (Wildman–Crippen MR) is 141 cm³/mol. The number of nitrogens with one attached hydrogen (secondary N) is 1. The zero-order chi connectivity index (χ0) is 25.1. The lowest BCUT2D eigenvalue weighted by Gasteiger charge is -2.27. The third-order valence-electron chi connectivity index (χ3n) is 6.49. The standard InChI is InChI=1S/C29H28ClN3O3/c1-3-4-17-36-23-15-11-20(12-16-23)28-25-26(19-9-13-22(35-2)14-10-19)31-32-27(25)29(34)33(28)18-21-7-5-6-8-24(21)30/h5-16,28H,3-4,17-18H2,1-2H3,(H,31,32). The first-order valence-electron chi connectivity index (χ1n) is 12.1. The van der Waals surface area contributed by atoms with Crippen LogP contribution in [0.3, 0.4) is 0 Å². The summed E-state index contributed by atoms with van der Waals surface area (Å²) >= 11 is 6.48. The first kappa shape index (κ1) is 23.9. The Morgan fingerprint density at radius 3 is 2.42 bits per heavy atom. The molecule has 1 aliphatic rings. The van der Waals surface area contributed by atoms with Gasteiger partial charge in [-0.2, -0.15) is 5.10 Å². The van der Waals surface area contributed by atoms with Crippen LogP contribution in [0.15, 0.2) is 72.8 Å². The minimum Gasteiger partial charge on any atom is -0.497 e. The summed E-state index contributed by atoms with van der Waals surface area (Å²) in [6, 6.07) is 23.0. The summed E-state index contributed by atoms with van der Waals surface area (Å²) in [5, 5.41) is 8.19. The van der Waals surface area contributed by atoms with Crippen LogP contribution in [0.2, 0.25) is 5.02 Å². The molecule has 1 unspecified atom stereocenters. The van der Waals surface area contributed by atoms with E-state index in [0.717, 1.165) is 52.3 Å². The van der Waals surface area contributed by atoms with Gasteiger partial charge in [-0.05, 0) is 60.0 Å². The number of rotatable bonds is 9. The molecule has 7 heteroatoms. The van der Waals surface area contributed by atoms with Crippen molar-refractivity contribution in [2.75, 3.05) is 13.7 Å². The molecule has 0 fully saturated rings. The molecule has 5 rings (SSSR count). The van der Waals surface area contributed by atoms with Crippen molar-refractivity contribution >= 4 is 17.5 Å². The van der Waals surface area contributed by atoms with Crippen LogP contribution in [0.4, 0.5) is 0 Å². The van der Waals surface area contributed by atoms with E-state index in [1.807, 2.05) is 77.7 Å². The molecule has 1 amide bonds. The number of amides is 1. The van der Waals surface area contributed by atoms with E-state index in [9.17, 15) is 4.79 Å². The number of benzene rings is 3. The lowest BCUT2D eigenvalue weighted by molar-refractivity contribution is 0.0730. The highest BCUT2D eigenvalue weighted by Gasteiger charge is 2.42. The van der Waals surface area contributed by atoms with Crippen molar-refractivity contribution in [3.63, 3.8) is 0 Å². The molecule has 0 spiro atoms. The highest BCUT2D eigenvalue weighted by atomic mass is 35.5. The van der Waals surface area contributed by atoms with Gasteiger partial charge in [0.15, 0.2) is 0 Å². The molecule has 36 heavy (non-hydrogen) atoms. The average molecular weight is 502 g/mol. The molecule has 0 bridgehead atoms. The van der Waals surface area contributed by atoms with Gasteiger partial charge in [-0.25, -0.2) is 0 Å². The largest absolute Gasteiger partial charge is 0.497 e. The van der Waals surface area contributed by atoms with Crippen LogP contribution in [-0.4, -0.2) is 34.7 Å². The fourth-order valence-electron chi connectivity index (χ4n) is 4.57. The van der Waals surface area contributed by atoms with Gasteiger partial charge in [-0.1, -0.05) is 55.3 Å². The molecule has 1 N–H and O–H groups in total. The van der Waals surface area contributed by atoms with Crippen molar-refractivity contribution < 1.29 is 14.3 Å². The minimum absolute atomic E-state index is 0.106. The molecule has 0 saturated carbocycles. The first-order valence-corrected chi connectivity index (χ1v) is 12.5. The highest BCUT2D eigenvalue weighted by Crippen LogP contribution is 2.44. The zero-order valence-electron chi connectivity index (χ0n) is 20.3. The number of aromatic amines is 1. The van der Waals surface area contributed by atoms with Gasteiger partial charge in [0.25, 0.3) is 5.91 Å². The van der Waals surface area contributed by atoms with Crippen molar-refractivity contribution in [2.24, 2.45) is 0 Å². The van der Waals surface area contributed by atoms with Gasteiger partial charge in [-0.3, -0.25) is 9.89 Å². The van der Waals surface area contributed by atoms with Crippen molar-refractivity contribution in [2.45, 2.75) is 32.4 Å². The van der Waals surface area contributed by atoms with E-state index >= 15 is 0 Å². The van der Waals surface area contributed by atoms with Crippen LogP contribution in [0.25, 0.3) is 11.3 Å². The molecule has 184 valence electrons. The van der Waals surface area contributed by atoms with E-state index < -0.39 is 0 Å². The van der Waals surface area contributed by atoms with Gasteiger partial charge < -0.3 is 14.4 Å². The Morgan fingerprint density at radius 1 is 1.00 bits per heavy atom. The van der Waals surface area contributed by atoms with Crippen LogP contribution in [0.1, 0.15) is 53.0 Å². The number of carbonyl (C=O) groups excluding carboxylic acids is 1. The van der Waals surface area contributed by atoms with Crippen molar-refractivity contribution in [1.82, 2.24) is 15.1 Å². The van der Waals surface area contributed by atoms with Gasteiger partial charge in [-0.15, -0.1) is 0 Å². The van der Waals surface area contributed by atoms with Gasteiger partial charge in [0.2, 0.25) is 0 Å². The fourth-order valence-corrected chi connectivity index (χ4v) is 4.76. The summed E-state index contributed by atoms with van der Waals surface area (Å²) in [4.78, 5) is 15.5. The molecule has 2 heterocycles. The maximum absolute atomic E-state index is 13.6. The van der Waals surface area contributed by atoms with E-state index in [-0.39, 0.29) is 11.9 Å². The van der Waals surface area contributed by atoms with Gasteiger partial charge in [0.05, 0.1) is 25.5 Å². The molecule has 1 aromatic heterocycles. The molecular weight excluding hydrogens is 474 g/mol. The Hall–Kier alpha value is -3.77. The Morgan fingerprint density at radius 2 is 1.72 bits per heavy atom. The van der Waals surface area contributed by atoms with Crippen LogP contribution >= 0.6 is 11.6 Å². The van der Waals surface area contributed by atoms with Crippen molar-refractivity contribution in [3.05, 3.63) is 100 Å². The number of unbranched alkanes of at least 4 members (excludes halogenated alkanes) is 1. The summed E-state index contributed by atoms with van der Waals surface area (Å²) in [6.45, 7) is 3.20. The minimum atomic E-state index is -0.329. The number of H-pyrrole nitrogens is 1. The van der Waals surface area contributed by atoms with Gasteiger partial charge in [0.1, 0.15) is 17.2 Å². The Kier molecular flexibility index (Phi) is 6.96. The maximum atomic E-state index is 13.6. The number of hydrogen-bond acceptors (Lipinski definition) is 4. The van der Waals surface area contributed by atoms with E-state index in [4.69, 9.17) is 21.1 Å². The number of aromatic nitrogens is 2. The van der Waals surface area contributed by atoms with E-state index in [1.165, 1.54) is 0 Å². The highest BCUT2D eigenvalue weighted by molar-refractivity contribution is 6.31. The van der Waals surface area contributed by atoms with Crippen LogP contribution < -0.4 is 9.47 Å². The topological polar surface area (TPSA) is 67.5 Å². The third-order valence-corrected chi connectivity index (χ3v) is 6.86. The molecule has 0 radical (unpaired) electrons.